The zero-order chi connectivity index (χ0) is 23.2. The van der Waals surface area contributed by atoms with Crippen LogP contribution in [-0.2, 0) is 5.75 Å². The summed E-state index contributed by atoms with van der Waals surface area (Å²) in [5.74, 6) is 2.73. The van der Waals surface area contributed by atoms with Gasteiger partial charge >= 0.3 is 0 Å². The van der Waals surface area contributed by atoms with Gasteiger partial charge in [-0.05, 0) is 50.2 Å². The van der Waals surface area contributed by atoms with Crippen LogP contribution in [0, 0.1) is 13.8 Å². The van der Waals surface area contributed by atoms with E-state index in [-0.39, 0.29) is 5.56 Å². The van der Waals surface area contributed by atoms with Gasteiger partial charge in [-0.2, -0.15) is 0 Å². The number of hydrogen-bond donors (Lipinski definition) is 0. The molecule has 0 aliphatic rings. The van der Waals surface area contributed by atoms with E-state index in [1.54, 1.807) is 16.9 Å². The van der Waals surface area contributed by atoms with Crippen LogP contribution in [0.25, 0.3) is 34.0 Å². The molecule has 0 atom stereocenters. The molecular formula is C25H19N5O3S. The molecule has 0 N–H and O–H groups in total. The van der Waals surface area contributed by atoms with Gasteiger partial charge in [0, 0.05) is 5.75 Å². The van der Waals surface area contributed by atoms with Crippen LogP contribution >= 0.6 is 11.8 Å². The van der Waals surface area contributed by atoms with Crippen molar-refractivity contribution >= 4 is 28.4 Å². The van der Waals surface area contributed by atoms with E-state index in [0.717, 1.165) is 22.5 Å². The molecule has 0 spiro atoms. The fourth-order valence-electron chi connectivity index (χ4n) is 3.90. The molecule has 0 bridgehead atoms. The van der Waals surface area contributed by atoms with E-state index in [9.17, 15) is 4.79 Å². The molecule has 0 fully saturated rings. The van der Waals surface area contributed by atoms with Crippen molar-refractivity contribution < 1.29 is 8.83 Å². The number of para-hydroxylation sites is 1. The number of rotatable bonds is 5. The van der Waals surface area contributed by atoms with Gasteiger partial charge < -0.3 is 8.83 Å². The molecule has 6 rings (SSSR count). The maximum absolute atomic E-state index is 13.4. The Hall–Kier alpha value is -4.11. The molecular weight excluding hydrogens is 450 g/mol. The number of fused-ring (bicyclic) bond motifs is 3. The Labute approximate surface area is 197 Å². The third-order valence-corrected chi connectivity index (χ3v) is 6.59. The Kier molecular flexibility index (Phi) is 4.84. The van der Waals surface area contributed by atoms with Crippen molar-refractivity contribution in [2.24, 2.45) is 0 Å². The minimum atomic E-state index is -0.133. The van der Waals surface area contributed by atoms with Gasteiger partial charge in [0.2, 0.25) is 5.78 Å². The van der Waals surface area contributed by atoms with Gasteiger partial charge in [0.05, 0.1) is 28.5 Å². The van der Waals surface area contributed by atoms with Crippen molar-refractivity contribution in [3.05, 3.63) is 94.3 Å². The van der Waals surface area contributed by atoms with E-state index in [0.29, 0.717) is 39.5 Å². The number of aryl methyl sites for hydroxylation is 2. The van der Waals surface area contributed by atoms with Crippen LogP contribution in [0.3, 0.4) is 0 Å². The van der Waals surface area contributed by atoms with E-state index in [1.165, 1.54) is 11.8 Å². The van der Waals surface area contributed by atoms with Crippen molar-refractivity contribution in [3.63, 3.8) is 0 Å². The number of benzene rings is 2. The predicted octanol–water partition coefficient (Wildman–Crippen LogP) is 5.19. The monoisotopic (exact) mass is 469 g/mol. The summed E-state index contributed by atoms with van der Waals surface area (Å²) in [6, 6.07) is 18.9. The second-order valence-electron chi connectivity index (χ2n) is 7.90. The van der Waals surface area contributed by atoms with Gasteiger partial charge in [-0.1, -0.05) is 41.6 Å². The van der Waals surface area contributed by atoms with Crippen LogP contribution in [0.5, 0.6) is 0 Å². The molecule has 8 nitrogen and oxygen atoms in total. The highest BCUT2D eigenvalue weighted by atomic mass is 32.2. The summed E-state index contributed by atoms with van der Waals surface area (Å²) in [5, 5.41) is 10.1. The average molecular weight is 470 g/mol. The van der Waals surface area contributed by atoms with Gasteiger partial charge in [0.1, 0.15) is 5.76 Å². The number of oxazole rings is 1. The van der Waals surface area contributed by atoms with Crippen molar-refractivity contribution in [2.75, 3.05) is 0 Å². The Bertz CT molecular complexity index is 1700. The predicted molar refractivity (Wildman–Crippen MR) is 129 cm³/mol. The lowest BCUT2D eigenvalue weighted by molar-refractivity contribution is 0.500. The molecule has 34 heavy (non-hydrogen) atoms. The summed E-state index contributed by atoms with van der Waals surface area (Å²) in [4.78, 5) is 18.0. The first-order valence-electron chi connectivity index (χ1n) is 10.7. The van der Waals surface area contributed by atoms with Gasteiger partial charge in [0.25, 0.3) is 11.4 Å². The molecule has 0 saturated carbocycles. The molecule has 4 heterocycles. The molecule has 4 aromatic heterocycles. The molecule has 9 heteroatoms. The maximum atomic E-state index is 13.4. The summed E-state index contributed by atoms with van der Waals surface area (Å²) in [6.07, 6.45) is 1.59. The normalized spacial score (nSPS) is 11.6. The topological polar surface area (TPSA) is 91.4 Å². The molecule has 2 aromatic carbocycles. The lowest BCUT2D eigenvalue weighted by Gasteiger charge is -2.11. The van der Waals surface area contributed by atoms with Crippen LogP contribution in [0.15, 0.2) is 85.7 Å². The second-order valence-corrected chi connectivity index (χ2v) is 8.84. The number of nitrogens with zero attached hydrogens (tertiary/aromatic N) is 5. The molecule has 0 unspecified atom stereocenters. The van der Waals surface area contributed by atoms with Crippen LogP contribution in [0.2, 0.25) is 0 Å². The first kappa shape index (κ1) is 20.5. The van der Waals surface area contributed by atoms with Crippen LogP contribution < -0.4 is 5.56 Å². The second kappa shape index (κ2) is 8.03. The number of hydrogen-bond acceptors (Lipinski definition) is 7. The number of aromatic nitrogens is 5. The average Bonchev–Trinajstić information content (AvgIpc) is 3.59. The van der Waals surface area contributed by atoms with Gasteiger partial charge in [0.15, 0.2) is 10.9 Å². The fraction of sp³-hybridized carbons (Fsp3) is 0.120. The standard InChI is InChI=1S/C25H19N5O3S/c1-15-9-11-17(12-10-15)29-23(31)18-6-3-4-7-20(18)30-24(29)27-28-25(30)34-14-19-16(2)33-22(26-19)21-8-5-13-32-21/h3-13H,14H2,1-2H3. The Balaban J connectivity index is 1.46. The first-order valence-corrected chi connectivity index (χ1v) is 11.7. The summed E-state index contributed by atoms with van der Waals surface area (Å²) in [7, 11) is 0. The Morgan fingerprint density at radius 2 is 1.79 bits per heavy atom. The SMILES string of the molecule is Cc1ccc(-n2c(=O)c3ccccc3n3c(SCc4nc(-c5ccco5)oc4C)nnc23)cc1. The molecule has 0 aliphatic carbocycles. The fourth-order valence-corrected chi connectivity index (χ4v) is 4.84. The summed E-state index contributed by atoms with van der Waals surface area (Å²) in [6.45, 7) is 3.89. The summed E-state index contributed by atoms with van der Waals surface area (Å²) in [5.41, 5.74) is 3.27. The number of thioether (sulfide) groups is 1. The van der Waals surface area contributed by atoms with Crippen molar-refractivity contribution in [2.45, 2.75) is 24.8 Å². The third-order valence-electron chi connectivity index (χ3n) is 5.65. The van der Waals surface area contributed by atoms with Crippen molar-refractivity contribution in [1.29, 1.82) is 0 Å². The summed E-state index contributed by atoms with van der Waals surface area (Å²) >= 11 is 1.48. The van der Waals surface area contributed by atoms with Crippen molar-refractivity contribution in [1.82, 2.24) is 24.1 Å². The van der Waals surface area contributed by atoms with Gasteiger partial charge in [-0.3, -0.25) is 9.20 Å². The largest absolute Gasteiger partial charge is 0.459 e. The lowest BCUT2D eigenvalue weighted by atomic mass is 10.2. The molecule has 168 valence electrons. The molecule has 0 saturated heterocycles. The minimum Gasteiger partial charge on any atom is -0.459 e. The smallest absolute Gasteiger partial charge is 0.267 e. The van der Waals surface area contributed by atoms with Crippen molar-refractivity contribution in [3.8, 4) is 17.3 Å². The highest BCUT2D eigenvalue weighted by Crippen LogP contribution is 2.29. The number of furan rings is 1. The Morgan fingerprint density at radius 1 is 0.971 bits per heavy atom. The quantitative estimate of drug-likeness (QED) is 0.321. The molecule has 0 aliphatic heterocycles. The highest BCUT2D eigenvalue weighted by molar-refractivity contribution is 7.98. The van der Waals surface area contributed by atoms with Crippen LogP contribution in [-0.4, -0.2) is 24.1 Å². The third kappa shape index (κ3) is 3.32. The van der Waals surface area contributed by atoms with E-state index in [2.05, 4.69) is 15.2 Å². The maximum Gasteiger partial charge on any atom is 0.267 e. The Morgan fingerprint density at radius 3 is 2.59 bits per heavy atom. The molecule has 6 aromatic rings. The van der Waals surface area contributed by atoms with E-state index >= 15 is 0 Å². The highest BCUT2D eigenvalue weighted by Gasteiger charge is 2.19. The first-order chi connectivity index (χ1) is 16.6. The van der Waals surface area contributed by atoms with Crippen LogP contribution in [0.1, 0.15) is 17.0 Å². The molecule has 0 amide bonds. The van der Waals surface area contributed by atoms with Gasteiger partial charge in [-0.25, -0.2) is 9.55 Å². The van der Waals surface area contributed by atoms with Gasteiger partial charge in [-0.15, -0.1) is 10.2 Å². The van der Waals surface area contributed by atoms with E-state index in [4.69, 9.17) is 8.83 Å². The van der Waals surface area contributed by atoms with E-state index < -0.39 is 0 Å². The zero-order valence-electron chi connectivity index (χ0n) is 18.4. The summed E-state index contributed by atoms with van der Waals surface area (Å²) < 4.78 is 14.7. The minimum absolute atomic E-state index is 0.133. The zero-order valence-corrected chi connectivity index (χ0v) is 19.2. The van der Waals surface area contributed by atoms with Crippen LogP contribution in [0.4, 0.5) is 0 Å². The van der Waals surface area contributed by atoms with E-state index in [1.807, 2.05) is 72.8 Å². The lowest BCUT2D eigenvalue weighted by Crippen LogP contribution is -2.21. The molecule has 0 radical (unpaired) electrons.